The molecule has 1 aromatic rings. The van der Waals surface area contributed by atoms with Crippen molar-refractivity contribution in [1.82, 2.24) is 4.90 Å². The molecule has 0 radical (unpaired) electrons. The molecule has 0 aromatic heterocycles. The molecule has 0 spiro atoms. The van der Waals surface area contributed by atoms with E-state index in [4.69, 9.17) is 14.2 Å². The predicted octanol–water partition coefficient (Wildman–Crippen LogP) is 1.66. The Morgan fingerprint density at radius 2 is 1.84 bits per heavy atom. The Morgan fingerprint density at radius 3 is 2.24 bits per heavy atom. The van der Waals surface area contributed by atoms with Gasteiger partial charge >= 0.3 is 5.97 Å². The van der Waals surface area contributed by atoms with Crippen LogP contribution in [0.3, 0.4) is 0 Å². The number of rotatable bonds is 6. The molecule has 0 aliphatic carbocycles. The molecular weight excluding hydrogens is 325 g/mol. The molecule has 1 heterocycles. The Kier molecular flexibility index (Phi) is 5.95. The number of amides is 1. The SMILES string of the molecule is BC(=O)N1C(c2c(OC)cccc2OC)OC(C(=O)O)[C@@H]1CC(C)C. The van der Waals surface area contributed by atoms with E-state index in [1.54, 1.807) is 18.2 Å². The van der Waals surface area contributed by atoms with Crippen LogP contribution in [0.2, 0.25) is 0 Å². The van der Waals surface area contributed by atoms with Gasteiger partial charge in [-0.3, -0.25) is 4.79 Å². The van der Waals surface area contributed by atoms with E-state index in [2.05, 4.69) is 0 Å². The number of carbonyl (C=O) groups is 2. The number of hydrogen-bond acceptors (Lipinski definition) is 5. The summed E-state index contributed by atoms with van der Waals surface area (Å²) in [6.07, 6.45) is -1.47. The highest BCUT2D eigenvalue weighted by Gasteiger charge is 2.49. The first kappa shape index (κ1) is 19.1. The van der Waals surface area contributed by atoms with Crippen molar-refractivity contribution in [3.63, 3.8) is 0 Å². The summed E-state index contributed by atoms with van der Waals surface area (Å²) >= 11 is 0. The molecule has 0 saturated carbocycles. The molecule has 3 atom stereocenters. The van der Waals surface area contributed by atoms with Gasteiger partial charge in [0.2, 0.25) is 7.85 Å². The first-order chi connectivity index (χ1) is 11.8. The largest absolute Gasteiger partial charge is 0.496 e. The van der Waals surface area contributed by atoms with Crippen LogP contribution in [0.5, 0.6) is 11.5 Å². The molecule has 1 aliphatic rings. The van der Waals surface area contributed by atoms with Gasteiger partial charge < -0.3 is 24.2 Å². The third kappa shape index (κ3) is 3.73. The van der Waals surface area contributed by atoms with Crippen LogP contribution in [0.4, 0.5) is 4.79 Å². The Hall–Kier alpha value is -2.22. The monoisotopic (exact) mass is 349 g/mol. The Labute approximate surface area is 148 Å². The number of hydrogen-bond donors (Lipinski definition) is 1. The number of methoxy groups -OCH3 is 2. The first-order valence-corrected chi connectivity index (χ1v) is 8.19. The van der Waals surface area contributed by atoms with E-state index in [1.807, 2.05) is 13.8 Å². The van der Waals surface area contributed by atoms with Crippen LogP contribution < -0.4 is 9.47 Å². The summed E-state index contributed by atoms with van der Waals surface area (Å²) in [6, 6.07) is 4.65. The predicted molar refractivity (Wildman–Crippen MR) is 93.8 cm³/mol. The van der Waals surface area contributed by atoms with E-state index in [9.17, 15) is 14.7 Å². The van der Waals surface area contributed by atoms with Gasteiger partial charge in [0.1, 0.15) is 11.5 Å². The highest BCUT2D eigenvalue weighted by atomic mass is 16.6. The minimum Gasteiger partial charge on any atom is -0.496 e. The third-order valence-electron chi connectivity index (χ3n) is 4.27. The zero-order valence-corrected chi connectivity index (χ0v) is 15.2. The molecule has 2 unspecified atom stereocenters. The summed E-state index contributed by atoms with van der Waals surface area (Å²) in [4.78, 5) is 25.6. The second kappa shape index (κ2) is 7.78. The second-order valence-corrected chi connectivity index (χ2v) is 6.45. The fraction of sp³-hybridized carbons (Fsp3) is 0.529. The van der Waals surface area contributed by atoms with E-state index >= 15 is 0 Å². The van der Waals surface area contributed by atoms with Gasteiger partial charge in [0.15, 0.2) is 18.1 Å². The number of carboxylic acid groups (broad SMARTS) is 1. The average molecular weight is 349 g/mol. The van der Waals surface area contributed by atoms with Gasteiger partial charge in [-0.15, -0.1) is 0 Å². The zero-order chi connectivity index (χ0) is 18.7. The highest BCUT2D eigenvalue weighted by molar-refractivity contribution is 6.57. The van der Waals surface area contributed by atoms with Gasteiger partial charge in [-0.2, -0.15) is 0 Å². The molecule has 7 nitrogen and oxygen atoms in total. The van der Waals surface area contributed by atoms with Gasteiger partial charge in [0.25, 0.3) is 0 Å². The average Bonchev–Trinajstić information content (AvgIpc) is 2.92. The number of nitrogens with zero attached hydrogens (tertiary/aromatic N) is 1. The van der Waals surface area contributed by atoms with Crippen molar-refractivity contribution >= 4 is 19.6 Å². The summed E-state index contributed by atoms with van der Waals surface area (Å²) in [5.41, 5.74) is 0.514. The lowest BCUT2D eigenvalue weighted by Gasteiger charge is -2.30. The Balaban J connectivity index is 2.57. The molecule has 1 amide bonds. The molecule has 1 aromatic carbocycles. The van der Waals surface area contributed by atoms with E-state index in [0.29, 0.717) is 23.5 Å². The molecule has 1 N–H and O–H groups in total. The van der Waals surface area contributed by atoms with Gasteiger partial charge in [-0.25, -0.2) is 4.79 Å². The van der Waals surface area contributed by atoms with Crippen molar-refractivity contribution in [2.24, 2.45) is 5.92 Å². The van der Waals surface area contributed by atoms with E-state index < -0.39 is 24.3 Å². The number of carbonyl (C=O) groups excluding carboxylic acids is 1. The molecule has 136 valence electrons. The van der Waals surface area contributed by atoms with Gasteiger partial charge in [-0.1, -0.05) is 19.9 Å². The lowest BCUT2D eigenvalue weighted by Crippen LogP contribution is -2.43. The van der Waals surface area contributed by atoms with Crippen molar-refractivity contribution < 1.29 is 28.9 Å². The van der Waals surface area contributed by atoms with Crippen molar-refractivity contribution in [3.05, 3.63) is 23.8 Å². The van der Waals surface area contributed by atoms with Gasteiger partial charge in [0.05, 0.1) is 25.8 Å². The smallest absolute Gasteiger partial charge is 0.335 e. The van der Waals surface area contributed by atoms with E-state index in [0.717, 1.165) is 0 Å². The number of carboxylic acids is 1. The maximum Gasteiger partial charge on any atom is 0.335 e. The van der Waals surface area contributed by atoms with Crippen LogP contribution in [-0.2, 0) is 9.53 Å². The van der Waals surface area contributed by atoms with E-state index in [-0.39, 0.29) is 11.7 Å². The third-order valence-corrected chi connectivity index (χ3v) is 4.27. The maximum atomic E-state index is 12.4. The second-order valence-electron chi connectivity index (χ2n) is 6.45. The van der Waals surface area contributed by atoms with Crippen LogP contribution in [0.15, 0.2) is 18.2 Å². The molecular formula is C17H24BNO6. The van der Waals surface area contributed by atoms with Crippen molar-refractivity contribution in [2.45, 2.75) is 38.6 Å². The summed E-state index contributed by atoms with van der Waals surface area (Å²) in [5.74, 6) is -0.189. The van der Waals surface area contributed by atoms with Crippen molar-refractivity contribution in [1.29, 1.82) is 0 Å². The zero-order valence-electron chi connectivity index (χ0n) is 15.2. The molecule has 25 heavy (non-hydrogen) atoms. The summed E-state index contributed by atoms with van der Waals surface area (Å²) in [5, 5.41) is 9.59. The molecule has 0 bridgehead atoms. The quantitative estimate of drug-likeness (QED) is 0.786. The molecule has 1 aliphatic heterocycles. The molecule has 8 heteroatoms. The first-order valence-electron chi connectivity index (χ1n) is 8.19. The fourth-order valence-electron chi connectivity index (χ4n) is 3.29. The maximum absolute atomic E-state index is 12.4. The van der Waals surface area contributed by atoms with Gasteiger partial charge in [0, 0.05) is 0 Å². The Morgan fingerprint density at radius 1 is 1.28 bits per heavy atom. The Bertz CT molecular complexity index is 628. The topological polar surface area (TPSA) is 85.3 Å². The van der Waals surface area contributed by atoms with Crippen molar-refractivity contribution in [2.75, 3.05) is 14.2 Å². The summed E-state index contributed by atoms with van der Waals surface area (Å²) in [6.45, 7) is 3.96. The summed E-state index contributed by atoms with van der Waals surface area (Å²) < 4.78 is 16.6. The molecule has 1 fully saturated rings. The van der Waals surface area contributed by atoms with Crippen LogP contribution in [0.25, 0.3) is 0 Å². The fourth-order valence-corrected chi connectivity index (χ4v) is 3.29. The number of benzene rings is 1. The molecule has 1 saturated heterocycles. The van der Waals surface area contributed by atoms with E-state index in [1.165, 1.54) is 27.0 Å². The molecule has 2 rings (SSSR count). The van der Waals surface area contributed by atoms with Crippen LogP contribution in [0.1, 0.15) is 32.1 Å². The lowest BCUT2D eigenvalue weighted by atomic mass is 9.95. The standard InChI is InChI=1S/C17H24BNO6/c1-9(2)8-10-14(16(20)21)25-15(19(10)17(18)22)13-11(23-3)6-5-7-12(13)24-4/h5-7,9-10,14-15H,8,18H2,1-4H3,(H,20,21)/t10-,14?,15?/m0/s1. The normalized spacial score (nSPS) is 22.9. The highest BCUT2D eigenvalue weighted by Crippen LogP contribution is 2.44. The number of aliphatic carboxylic acids is 1. The minimum atomic E-state index is -1.11. The van der Waals surface area contributed by atoms with Crippen LogP contribution in [0, 0.1) is 5.92 Å². The van der Waals surface area contributed by atoms with Crippen LogP contribution in [-0.4, -0.2) is 56.0 Å². The number of ether oxygens (including phenoxy) is 3. The lowest BCUT2D eigenvalue weighted by molar-refractivity contribution is -0.150. The minimum absolute atomic E-state index is 0.204. The van der Waals surface area contributed by atoms with Crippen LogP contribution >= 0.6 is 0 Å². The summed E-state index contributed by atoms with van der Waals surface area (Å²) in [7, 11) is 4.42. The van der Waals surface area contributed by atoms with Gasteiger partial charge in [-0.05, 0) is 24.5 Å². The van der Waals surface area contributed by atoms with Crippen molar-refractivity contribution in [3.8, 4) is 11.5 Å².